The number of carbonyl (C=O) groups is 3. The molecule has 0 bridgehead atoms. The van der Waals surface area contributed by atoms with E-state index in [1.807, 2.05) is 0 Å². The highest BCUT2D eigenvalue weighted by Gasteiger charge is 2.53. The van der Waals surface area contributed by atoms with Crippen LogP contribution in [0.15, 0.2) is 12.7 Å². The molecular formula is C12H16N2O3. The lowest BCUT2D eigenvalue weighted by atomic mass is 9.71. The molecule has 0 radical (unpaired) electrons. The number of carbonyl (C=O) groups excluding carboxylic acids is 3. The van der Waals surface area contributed by atoms with E-state index in [1.165, 1.54) is 6.08 Å². The molecule has 92 valence electrons. The fourth-order valence-electron chi connectivity index (χ4n) is 2.62. The summed E-state index contributed by atoms with van der Waals surface area (Å²) in [5, 5.41) is 2.28. The number of imide groups is 2. The lowest BCUT2D eigenvalue weighted by Crippen LogP contribution is -2.64. The largest absolute Gasteiger partial charge is 0.331 e. The predicted octanol–water partition coefficient (Wildman–Crippen LogP) is 1.20. The molecule has 17 heavy (non-hydrogen) atoms. The van der Waals surface area contributed by atoms with Crippen molar-refractivity contribution in [1.29, 1.82) is 0 Å². The molecule has 5 heteroatoms. The highest BCUT2D eigenvalue weighted by Crippen LogP contribution is 2.39. The van der Waals surface area contributed by atoms with Crippen LogP contribution in [0.1, 0.15) is 32.1 Å². The second-order valence-corrected chi connectivity index (χ2v) is 4.61. The molecule has 1 N–H and O–H groups in total. The molecule has 2 fully saturated rings. The van der Waals surface area contributed by atoms with Crippen LogP contribution in [-0.2, 0) is 9.59 Å². The van der Waals surface area contributed by atoms with E-state index in [1.54, 1.807) is 0 Å². The van der Waals surface area contributed by atoms with Gasteiger partial charge in [-0.15, -0.1) is 6.58 Å². The van der Waals surface area contributed by atoms with Crippen LogP contribution in [0.3, 0.4) is 0 Å². The third-order valence-corrected chi connectivity index (χ3v) is 3.57. The van der Waals surface area contributed by atoms with E-state index in [9.17, 15) is 14.4 Å². The topological polar surface area (TPSA) is 66.5 Å². The molecule has 4 amide bonds. The number of rotatable bonds is 2. The first-order chi connectivity index (χ1) is 8.12. The maximum Gasteiger partial charge on any atom is 0.331 e. The standard InChI is InChI=1S/C12H16N2O3/c1-2-8-14-10(16)12(6-4-3-5-7-12)9(15)13-11(14)17/h2H,1,3-8H2,(H,13,15,17). The third-order valence-electron chi connectivity index (χ3n) is 3.57. The highest BCUT2D eigenvalue weighted by molar-refractivity contribution is 6.19. The first-order valence-corrected chi connectivity index (χ1v) is 5.90. The lowest BCUT2D eigenvalue weighted by molar-refractivity contribution is -0.153. The van der Waals surface area contributed by atoms with Crippen molar-refractivity contribution in [3.05, 3.63) is 12.7 Å². The van der Waals surface area contributed by atoms with Crippen molar-refractivity contribution in [1.82, 2.24) is 10.2 Å². The molecule has 2 rings (SSSR count). The maximum absolute atomic E-state index is 12.3. The Morgan fingerprint density at radius 2 is 1.88 bits per heavy atom. The molecule has 0 aromatic carbocycles. The molecule has 5 nitrogen and oxygen atoms in total. The van der Waals surface area contributed by atoms with E-state index < -0.39 is 17.4 Å². The molecule has 1 saturated carbocycles. The average molecular weight is 236 g/mol. The smallest absolute Gasteiger partial charge is 0.277 e. The number of urea groups is 1. The molecule has 1 aliphatic carbocycles. The van der Waals surface area contributed by atoms with Crippen molar-refractivity contribution in [2.45, 2.75) is 32.1 Å². The van der Waals surface area contributed by atoms with E-state index >= 15 is 0 Å². The zero-order valence-electron chi connectivity index (χ0n) is 9.70. The lowest BCUT2D eigenvalue weighted by Gasteiger charge is -2.41. The van der Waals surface area contributed by atoms with E-state index in [0.717, 1.165) is 24.2 Å². The number of hydrogen-bond donors (Lipinski definition) is 1. The van der Waals surface area contributed by atoms with Crippen LogP contribution >= 0.6 is 0 Å². The quantitative estimate of drug-likeness (QED) is 0.578. The van der Waals surface area contributed by atoms with Crippen LogP contribution in [0.4, 0.5) is 4.79 Å². The van der Waals surface area contributed by atoms with E-state index in [2.05, 4.69) is 11.9 Å². The summed E-state index contributed by atoms with van der Waals surface area (Å²) in [6.45, 7) is 3.67. The monoisotopic (exact) mass is 236 g/mol. The van der Waals surface area contributed by atoms with Crippen molar-refractivity contribution < 1.29 is 14.4 Å². The van der Waals surface area contributed by atoms with Gasteiger partial charge in [0.2, 0.25) is 11.8 Å². The van der Waals surface area contributed by atoms with Gasteiger partial charge in [0.05, 0.1) is 0 Å². The Morgan fingerprint density at radius 1 is 1.24 bits per heavy atom. The van der Waals surface area contributed by atoms with Gasteiger partial charge in [-0.05, 0) is 12.8 Å². The molecule has 0 aromatic rings. The Hall–Kier alpha value is -1.65. The van der Waals surface area contributed by atoms with E-state index in [-0.39, 0.29) is 12.5 Å². The third kappa shape index (κ3) is 1.75. The Bertz CT molecular complexity index is 383. The van der Waals surface area contributed by atoms with Gasteiger partial charge >= 0.3 is 6.03 Å². The van der Waals surface area contributed by atoms with Gasteiger partial charge in [0.15, 0.2) is 0 Å². The molecule has 1 heterocycles. The van der Waals surface area contributed by atoms with Gasteiger partial charge in [-0.25, -0.2) is 4.79 Å². The highest BCUT2D eigenvalue weighted by atomic mass is 16.2. The van der Waals surface area contributed by atoms with Crippen molar-refractivity contribution in [3.8, 4) is 0 Å². The SMILES string of the molecule is C=CCN1C(=O)NC(=O)C2(CCCCC2)C1=O. The van der Waals surface area contributed by atoms with Crippen molar-refractivity contribution in [2.75, 3.05) is 6.54 Å². The van der Waals surface area contributed by atoms with Gasteiger partial charge in [-0.1, -0.05) is 25.3 Å². The van der Waals surface area contributed by atoms with Crippen LogP contribution in [0.5, 0.6) is 0 Å². The molecule has 0 aromatic heterocycles. The van der Waals surface area contributed by atoms with E-state index in [4.69, 9.17) is 0 Å². The number of barbiturate groups is 1. The minimum atomic E-state index is -1.00. The Kier molecular flexibility index (Phi) is 3.00. The minimum Gasteiger partial charge on any atom is -0.277 e. The fourth-order valence-corrected chi connectivity index (χ4v) is 2.62. The Balaban J connectivity index is 2.31. The number of nitrogens with zero attached hydrogens (tertiary/aromatic N) is 1. The summed E-state index contributed by atoms with van der Waals surface area (Å²) in [5.74, 6) is -0.779. The summed E-state index contributed by atoms with van der Waals surface area (Å²) in [4.78, 5) is 36.9. The summed E-state index contributed by atoms with van der Waals surface area (Å²) in [6.07, 6.45) is 5.32. The van der Waals surface area contributed by atoms with Crippen molar-refractivity contribution in [2.24, 2.45) is 5.41 Å². The average Bonchev–Trinajstić information content (AvgIpc) is 2.34. The summed E-state index contributed by atoms with van der Waals surface area (Å²) >= 11 is 0. The van der Waals surface area contributed by atoms with Gasteiger partial charge in [0.1, 0.15) is 5.41 Å². The number of hydrogen-bond acceptors (Lipinski definition) is 3. The second kappa shape index (κ2) is 4.31. The molecule has 2 aliphatic rings. The number of nitrogens with one attached hydrogen (secondary N) is 1. The maximum atomic E-state index is 12.3. The van der Waals surface area contributed by atoms with Crippen LogP contribution in [0.2, 0.25) is 0 Å². The fraction of sp³-hybridized carbons (Fsp3) is 0.583. The molecule has 1 spiro atoms. The summed E-state index contributed by atoms with van der Waals surface area (Å²) < 4.78 is 0. The van der Waals surface area contributed by atoms with Crippen LogP contribution in [0.25, 0.3) is 0 Å². The van der Waals surface area contributed by atoms with Gasteiger partial charge in [-0.3, -0.25) is 19.8 Å². The second-order valence-electron chi connectivity index (χ2n) is 4.61. The Labute approximate surface area is 99.8 Å². The van der Waals surface area contributed by atoms with Gasteiger partial charge < -0.3 is 0 Å². The zero-order chi connectivity index (χ0) is 12.5. The van der Waals surface area contributed by atoms with Crippen molar-refractivity contribution in [3.63, 3.8) is 0 Å². The summed E-state index contributed by atoms with van der Waals surface area (Å²) in [6, 6.07) is -0.629. The Morgan fingerprint density at radius 3 is 2.47 bits per heavy atom. The molecule has 0 atom stereocenters. The van der Waals surface area contributed by atoms with E-state index in [0.29, 0.717) is 12.8 Å². The minimum absolute atomic E-state index is 0.152. The first kappa shape index (κ1) is 11.8. The molecule has 1 saturated heterocycles. The van der Waals surface area contributed by atoms with Crippen LogP contribution < -0.4 is 5.32 Å². The van der Waals surface area contributed by atoms with Gasteiger partial charge in [0, 0.05) is 6.54 Å². The predicted molar refractivity (Wildman–Crippen MR) is 61.0 cm³/mol. The zero-order valence-corrected chi connectivity index (χ0v) is 9.70. The van der Waals surface area contributed by atoms with Gasteiger partial charge in [-0.2, -0.15) is 0 Å². The molecular weight excluding hydrogens is 220 g/mol. The van der Waals surface area contributed by atoms with Crippen molar-refractivity contribution >= 4 is 17.8 Å². The van der Waals surface area contributed by atoms with Crippen LogP contribution in [0, 0.1) is 5.41 Å². The summed E-state index contributed by atoms with van der Waals surface area (Å²) in [7, 11) is 0. The molecule has 1 aliphatic heterocycles. The number of amides is 4. The van der Waals surface area contributed by atoms with Crippen LogP contribution in [-0.4, -0.2) is 29.3 Å². The normalized spacial score (nSPS) is 23.8. The summed E-state index contributed by atoms with van der Waals surface area (Å²) in [5.41, 5.74) is -1.00. The first-order valence-electron chi connectivity index (χ1n) is 5.90. The van der Waals surface area contributed by atoms with Gasteiger partial charge in [0.25, 0.3) is 0 Å². The molecule has 0 unspecified atom stereocenters.